The van der Waals surface area contributed by atoms with Crippen molar-refractivity contribution in [1.82, 2.24) is 9.47 Å². The lowest BCUT2D eigenvalue weighted by atomic mass is 9.95. The molecule has 0 saturated carbocycles. The number of hydrogen-bond donors (Lipinski definition) is 0. The van der Waals surface area contributed by atoms with Gasteiger partial charge in [0.15, 0.2) is 16.3 Å². The minimum Gasteiger partial charge on any atom is -0.493 e. The van der Waals surface area contributed by atoms with E-state index in [2.05, 4.69) is 14.8 Å². The molecule has 2 aromatic carbocycles. The van der Waals surface area contributed by atoms with Gasteiger partial charge in [-0.3, -0.25) is 19.5 Å². The van der Waals surface area contributed by atoms with Crippen LogP contribution in [0.4, 0.5) is 11.4 Å². The number of nitrogens with zero attached hydrogens (tertiary/aromatic N) is 5. The zero-order chi connectivity index (χ0) is 32.4. The van der Waals surface area contributed by atoms with Gasteiger partial charge in [-0.25, -0.2) is 9.79 Å². The number of anilines is 1. The van der Waals surface area contributed by atoms with Crippen LogP contribution in [0.3, 0.4) is 0 Å². The van der Waals surface area contributed by atoms with Gasteiger partial charge in [-0.05, 0) is 50.7 Å². The molecule has 0 radical (unpaired) electrons. The number of benzene rings is 2. The number of non-ortho nitro benzene ring substituents is 1. The lowest BCUT2D eigenvalue weighted by Crippen LogP contribution is -2.44. The summed E-state index contributed by atoms with van der Waals surface area (Å²) in [6, 6.07) is 7.14. The summed E-state index contributed by atoms with van der Waals surface area (Å²) < 4.78 is 23.8. The third-order valence-corrected chi connectivity index (χ3v) is 8.86. The first-order chi connectivity index (χ1) is 21.6. The molecule has 0 N–H and O–H groups in total. The number of nitro groups is 1. The normalized spacial score (nSPS) is 17.1. The van der Waals surface area contributed by atoms with Crippen LogP contribution in [-0.2, 0) is 9.53 Å². The topological polar surface area (TPSA) is 138 Å². The van der Waals surface area contributed by atoms with Gasteiger partial charge in [-0.2, -0.15) is 0 Å². The highest BCUT2D eigenvalue weighted by molar-refractivity contribution is 7.07. The number of ether oxygens (including phenoxy) is 4. The van der Waals surface area contributed by atoms with Crippen LogP contribution < -0.4 is 34.0 Å². The molecule has 0 bridgehead atoms. The van der Waals surface area contributed by atoms with E-state index in [0.29, 0.717) is 43.4 Å². The van der Waals surface area contributed by atoms with Crippen molar-refractivity contribution in [2.45, 2.75) is 19.9 Å². The van der Waals surface area contributed by atoms with Crippen LogP contribution in [-0.4, -0.2) is 81.5 Å². The molecule has 1 unspecified atom stereocenters. The Morgan fingerprint density at radius 1 is 1.09 bits per heavy atom. The number of hydrogen-bond acceptors (Lipinski definition) is 12. The number of carbonyl (C=O) groups excluding carboxylic acids is 1. The van der Waals surface area contributed by atoms with E-state index in [-0.39, 0.29) is 17.9 Å². The van der Waals surface area contributed by atoms with Crippen LogP contribution in [0, 0.1) is 10.1 Å². The van der Waals surface area contributed by atoms with E-state index in [4.69, 9.17) is 18.9 Å². The van der Waals surface area contributed by atoms with E-state index in [1.54, 1.807) is 38.1 Å². The summed E-state index contributed by atoms with van der Waals surface area (Å²) in [6.07, 6.45) is 1.67. The number of methoxy groups -OCH3 is 3. The van der Waals surface area contributed by atoms with Crippen molar-refractivity contribution in [2.75, 3.05) is 66.1 Å². The molecular weight excluding hydrogens is 602 g/mol. The Kier molecular flexibility index (Phi) is 9.25. The molecule has 0 amide bonds. The number of allylic oxidation sites excluding steroid dienone is 1. The molecule has 13 nitrogen and oxygen atoms in total. The summed E-state index contributed by atoms with van der Waals surface area (Å²) in [6.45, 7) is 6.67. The number of nitro benzene ring substituents is 1. The first-order valence-electron chi connectivity index (χ1n) is 14.3. The maximum atomic E-state index is 14.3. The molecule has 1 atom stereocenters. The molecule has 238 valence electrons. The third-order valence-electron chi connectivity index (χ3n) is 7.87. The van der Waals surface area contributed by atoms with Crippen LogP contribution in [0.25, 0.3) is 6.08 Å². The van der Waals surface area contributed by atoms with Crippen molar-refractivity contribution >= 4 is 34.8 Å². The summed E-state index contributed by atoms with van der Waals surface area (Å²) in [5.74, 6) is 0.444. The van der Waals surface area contributed by atoms with Crippen LogP contribution in [0.2, 0.25) is 0 Å². The van der Waals surface area contributed by atoms with E-state index in [1.807, 2.05) is 7.05 Å². The minimum absolute atomic E-state index is 0.0809. The largest absolute Gasteiger partial charge is 0.493 e. The second-order valence-corrected chi connectivity index (χ2v) is 11.6. The quantitative estimate of drug-likeness (QED) is 0.195. The van der Waals surface area contributed by atoms with E-state index in [1.165, 1.54) is 38.0 Å². The SMILES string of the molecule is CCOC(=O)C1=C(C)N=c2sc(=Cc3cc([N+](=O)[O-])ccc3N3CCN(C)CC3)c(=O)n2C1c1cc(OC)c(OC)c(OC)c1. The first kappa shape index (κ1) is 31.7. The lowest BCUT2D eigenvalue weighted by molar-refractivity contribution is -0.384. The average molecular weight is 638 g/mol. The minimum atomic E-state index is -0.932. The van der Waals surface area contributed by atoms with Gasteiger partial charge in [0.25, 0.3) is 11.2 Å². The number of aromatic nitrogens is 1. The Bertz CT molecular complexity index is 1830. The average Bonchev–Trinajstić information content (AvgIpc) is 3.33. The number of thiazole rings is 1. The Hall–Kier alpha value is -4.69. The van der Waals surface area contributed by atoms with Gasteiger partial charge in [0.05, 0.1) is 54.7 Å². The summed E-state index contributed by atoms with van der Waals surface area (Å²) in [4.78, 5) is 48.3. The third kappa shape index (κ3) is 6.02. The Labute approximate surface area is 263 Å². The lowest BCUT2D eigenvalue weighted by Gasteiger charge is -2.34. The molecule has 1 saturated heterocycles. The van der Waals surface area contributed by atoms with Crippen molar-refractivity contribution < 1.29 is 28.7 Å². The summed E-state index contributed by atoms with van der Waals surface area (Å²) in [7, 11) is 6.50. The number of carbonyl (C=O) groups is 1. The van der Waals surface area contributed by atoms with Crippen molar-refractivity contribution in [3.63, 3.8) is 0 Å². The van der Waals surface area contributed by atoms with Crippen molar-refractivity contribution in [3.05, 3.63) is 82.5 Å². The van der Waals surface area contributed by atoms with Crippen LogP contribution in [0.1, 0.15) is 31.0 Å². The second-order valence-electron chi connectivity index (χ2n) is 10.6. The standard InChI is InChI=1S/C31H35N5O8S/c1-7-44-30(38)26-18(2)32-31-35(27(26)20-15-23(41-4)28(43-6)24(16-20)42-5)29(37)25(45-31)17-19-14-21(36(39)40)8-9-22(19)34-12-10-33(3)11-13-34/h8-9,14-17,27H,7,10-13H2,1-6H3. The van der Waals surface area contributed by atoms with Gasteiger partial charge in [-0.1, -0.05) is 11.3 Å². The predicted octanol–water partition coefficient (Wildman–Crippen LogP) is 2.48. The molecule has 45 heavy (non-hydrogen) atoms. The van der Waals surface area contributed by atoms with Gasteiger partial charge >= 0.3 is 5.97 Å². The van der Waals surface area contributed by atoms with Crippen molar-refractivity contribution in [2.24, 2.45) is 4.99 Å². The fourth-order valence-corrected chi connectivity index (χ4v) is 6.65. The summed E-state index contributed by atoms with van der Waals surface area (Å²) >= 11 is 1.14. The number of fused-ring (bicyclic) bond motifs is 1. The van der Waals surface area contributed by atoms with Gasteiger partial charge < -0.3 is 28.7 Å². The highest BCUT2D eigenvalue weighted by Gasteiger charge is 2.35. The molecule has 5 rings (SSSR count). The van der Waals surface area contributed by atoms with Crippen molar-refractivity contribution in [3.8, 4) is 17.2 Å². The predicted molar refractivity (Wildman–Crippen MR) is 169 cm³/mol. The molecule has 3 aromatic rings. The fourth-order valence-electron chi connectivity index (χ4n) is 5.61. The van der Waals surface area contributed by atoms with Crippen LogP contribution >= 0.6 is 11.3 Å². The molecule has 14 heteroatoms. The molecule has 2 aliphatic heterocycles. The molecule has 0 aliphatic carbocycles. The molecule has 2 aliphatic rings. The highest BCUT2D eigenvalue weighted by Crippen LogP contribution is 2.42. The fraction of sp³-hybridized carbons (Fsp3) is 0.387. The van der Waals surface area contributed by atoms with Gasteiger partial charge in [0.1, 0.15) is 0 Å². The van der Waals surface area contributed by atoms with Gasteiger partial charge in [0, 0.05) is 49.6 Å². The van der Waals surface area contributed by atoms with Crippen molar-refractivity contribution in [1.29, 1.82) is 0 Å². The molecular formula is C31H35N5O8S. The van der Waals surface area contributed by atoms with E-state index >= 15 is 0 Å². The zero-order valence-electron chi connectivity index (χ0n) is 26.0. The number of esters is 1. The Balaban J connectivity index is 1.75. The highest BCUT2D eigenvalue weighted by atomic mass is 32.1. The second kappa shape index (κ2) is 13.1. The monoisotopic (exact) mass is 637 g/mol. The summed E-state index contributed by atoms with van der Waals surface area (Å²) in [5.41, 5.74) is 1.95. The smallest absolute Gasteiger partial charge is 0.338 e. The van der Waals surface area contributed by atoms with E-state index < -0.39 is 22.5 Å². The van der Waals surface area contributed by atoms with Gasteiger partial charge in [0.2, 0.25) is 5.75 Å². The molecule has 3 heterocycles. The molecule has 0 spiro atoms. The maximum absolute atomic E-state index is 14.3. The van der Waals surface area contributed by atoms with E-state index in [9.17, 15) is 19.7 Å². The molecule has 1 aromatic heterocycles. The van der Waals surface area contributed by atoms with E-state index in [0.717, 1.165) is 43.2 Å². The number of piperazine rings is 1. The van der Waals surface area contributed by atoms with Crippen LogP contribution in [0.15, 0.2) is 51.4 Å². The number of likely N-dealkylation sites (N-methyl/N-ethyl adjacent to an activating group) is 1. The zero-order valence-corrected chi connectivity index (χ0v) is 26.8. The van der Waals surface area contributed by atoms with Crippen LogP contribution in [0.5, 0.6) is 17.2 Å². The first-order valence-corrected chi connectivity index (χ1v) is 15.1. The maximum Gasteiger partial charge on any atom is 0.338 e. The Morgan fingerprint density at radius 3 is 2.33 bits per heavy atom. The Morgan fingerprint density at radius 2 is 1.76 bits per heavy atom. The number of rotatable bonds is 9. The molecule has 1 fully saturated rings. The summed E-state index contributed by atoms with van der Waals surface area (Å²) in [5, 5.41) is 11.7. The van der Waals surface area contributed by atoms with Gasteiger partial charge in [-0.15, -0.1) is 0 Å².